The molecule has 0 aromatic heterocycles. The number of morpholine rings is 1. The minimum Gasteiger partial charge on any atom is -0.481 e. The maximum atomic E-state index is 12.4. The van der Waals surface area contributed by atoms with Crippen LogP contribution in [-0.2, 0) is 14.3 Å². The van der Waals surface area contributed by atoms with Crippen LogP contribution in [0.25, 0.3) is 6.08 Å². The zero-order valence-corrected chi connectivity index (χ0v) is 12.4. The van der Waals surface area contributed by atoms with Gasteiger partial charge >= 0.3 is 5.97 Å². The molecular formula is C16H16N2O5. The van der Waals surface area contributed by atoms with E-state index in [4.69, 9.17) is 14.6 Å². The lowest BCUT2D eigenvalue weighted by Crippen LogP contribution is -2.41. The maximum absolute atomic E-state index is 12.4. The number of carboxylic acid groups (broad SMARTS) is 1. The number of hydrogen-bond acceptors (Lipinski definition) is 5. The van der Waals surface area contributed by atoms with E-state index >= 15 is 0 Å². The van der Waals surface area contributed by atoms with E-state index in [0.717, 1.165) is 0 Å². The second-order valence-corrected chi connectivity index (χ2v) is 4.79. The van der Waals surface area contributed by atoms with Crippen molar-refractivity contribution < 1.29 is 24.2 Å². The number of carbonyl (C=O) groups is 2. The fourth-order valence-electron chi connectivity index (χ4n) is 2.10. The summed E-state index contributed by atoms with van der Waals surface area (Å²) in [5.74, 6) is -1.17. The Kier molecular flexibility index (Phi) is 5.72. The minimum absolute atomic E-state index is 0.0294. The number of nitrogens with zero attached hydrogens (tertiary/aromatic N) is 2. The third-order valence-corrected chi connectivity index (χ3v) is 3.22. The molecule has 0 radical (unpaired) electrons. The smallest absolute Gasteiger partial charge is 0.341 e. The predicted molar refractivity (Wildman–Crippen MR) is 80.6 cm³/mol. The lowest BCUT2D eigenvalue weighted by Gasteiger charge is -2.26. The maximum Gasteiger partial charge on any atom is 0.341 e. The minimum atomic E-state index is -1.10. The van der Waals surface area contributed by atoms with E-state index in [1.54, 1.807) is 29.2 Å². The SMILES string of the molecule is N#C/C(=C\c1ccccc1OCC(=O)O)C(=O)N1CCOCC1. The van der Waals surface area contributed by atoms with Gasteiger partial charge < -0.3 is 19.5 Å². The predicted octanol–water partition coefficient (Wildman–Crippen LogP) is 0.916. The molecule has 0 unspecified atom stereocenters. The van der Waals surface area contributed by atoms with Crippen molar-refractivity contribution in [3.8, 4) is 11.8 Å². The molecule has 7 heteroatoms. The Bertz CT molecular complexity index is 657. The van der Waals surface area contributed by atoms with Crippen LogP contribution < -0.4 is 4.74 Å². The highest BCUT2D eigenvalue weighted by Crippen LogP contribution is 2.21. The third kappa shape index (κ3) is 4.56. The largest absolute Gasteiger partial charge is 0.481 e. The van der Waals surface area contributed by atoms with E-state index in [1.807, 2.05) is 6.07 Å². The van der Waals surface area contributed by atoms with Crippen LogP contribution in [0.3, 0.4) is 0 Å². The summed E-state index contributed by atoms with van der Waals surface area (Å²) >= 11 is 0. The Hall–Kier alpha value is -2.85. The Morgan fingerprint density at radius 3 is 2.70 bits per heavy atom. The van der Waals surface area contributed by atoms with Crippen LogP contribution in [0.4, 0.5) is 0 Å². The Balaban J connectivity index is 2.22. The van der Waals surface area contributed by atoms with Crippen LogP contribution in [0.15, 0.2) is 29.8 Å². The first kappa shape index (κ1) is 16.5. The summed E-state index contributed by atoms with van der Waals surface area (Å²) in [6, 6.07) is 8.54. The molecule has 0 aliphatic carbocycles. The van der Waals surface area contributed by atoms with Crippen molar-refractivity contribution in [2.45, 2.75) is 0 Å². The summed E-state index contributed by atoms with van der Waals surface area (Å²) in [4.78, 5) is 24.5. The molecule has 1 N–H and O–H groups in total. The number of amides is 1. The standard InChI is InChI=1S/C16H16N2O5/c17-10-13(16(21)18-5-7-22-8-6-18)9-12-3-1-2-4-14(12)23-11-15(19)20/h1-4,9H,5-8,11H2,(H,19,20)/b13-9+. The van der Waals surface area contributed by atoms with Crippen molar-refractivity contribution in [1.82, 2.24) is 4.90 Å². The van der Waals surface area contributed by atoms with Gasteiger partial charge in [0.2, 0.25) is 0 Å². The Labute approximate surface area is 133 Å². The van der Waals surface area contributed by atoms with Crippen LogP contribution in [0.5, 0.6) is 5.75 Å². The second kappa shape index (κ2) is 7.96. The first-order valence-electron chi connectivity index (χ1n) is 7.04. The molecule has 120 valence electrons. The van der Waals surface area contributed by atoms with Crippen LogP contribution in [0.2, 0.25) is 0 Å². The number of carbonyl (C=O) groups excluding carboxylic acids is 1. The molecule has 0 bridgehead atoms. The number of rotatable bonds is 5. The van der Waals surface area contributed by atoms with Gasteiger partial charge in [-0.3, -0.25) is 4.79 Å². The second-order valence-electron chi connectivity index (χ2n) is 4.79. The van der Waals surface area contributed by atoms with Gasteiger partial charge in [-0.1, -0.05) is 18.2 Å². The van der Waals surface area contributed by atoms with Gasteiger partial charge in [-0.2, -0.15) is 5.26 Å². The van der Waals surface area contributed by atoms with Gasteiger partial charge in [-0.05, 0) is 12.1 Å². The van der Waals surface area contributed by atoms with Crippen molar-refractivity contribution >= 4 is 18.0 Å². The van der Waals surface area contributed by atoms with Gasteiger partial charge in [0.15, 0.2) is 6.61 Å². The summed E-state index contributed by atoms with van der Waals surface area (Å²) in [6.07, 6.45) is 1.41. The first-order chi connectivity index (χ1) is 11.1. The van der Waals surface area contributed by atoms with Crippen molar-refractivity contribution in [2.24, 2.45) is 0 Å². The number of para-hydroxylation sites is 1. The first-order valence-corrected chi connectivity index (χ1v) is 7.04. The zero-order chi connectivity index (χ0) is 16.7. The zero-order valence-electron chi connectivity index (χ0n) is 12.4. The fraction of sp³-hybridized carbons (Fsp3) is 0.312. The monoisotopic (exact) mass is 316 g/mol. The van der Waals surface area contributed by atoms with E-state index < -0.39 is 12.6 Å². The van der Waals surface area contributed by atoms with Gasteiger partial charge in [0.25, 0.3) is 5.91 Å². The molecule has 1 aromatic carbocycles. The number of hydrogen-bond donors (Lipinski definition) is 1. The molecule has 7 nitrogen and oxygen atoms in total. The molecule has 1 fully saturated rings. The van der Waals surface area contributed by atoms with Crippen molar-refractivity contribution in [3.63, 3.8) is 0 Å². The number of ether oxygens (including phenoxy) is 2. The highest BCUT2D eigenvalue weighted by Gasteiger charge is 2.21. The molecule has 0 spiro atoms. The molecule has 1 aliphatic heterocycles. The molecular weight excluding hydrogens is 300 g/mol. The highest BCUT2D eigenvalue weighted by atomic mass is 16.5. The number of benzene rings is 1. The van der Waals surface area contributed by atoms with E-state index in [2.05, 4.69) is 0 Å². The van der Waals surface area contributed by atoms with E-state index in [1.165, 1.54) is 6.08 Å². The lowest BCUT2D eigenvalue weighted by molar-refractivity contribution is -0.139. The summed E-state index contributed by atoms with van der Waals surface area (Å²) < 4.78 is 10.4. The van der Waals surface area contributed by atoms with Gasteiger partial charge in [-0.25, -0.2) is 4.79 Å². The molecule has 1 heterocycles. The summed E-state index contributed by atoms with van der Waals surface area (Å²) in [5, 5.41) is 18.0. The molecule has 0 atom stereocenters. The van der Waals surface area contributed by atoms with Crippen molar-refractivity contribution in [3.05, 3.63) is 35.4 Å². The summed E-state index contributed by atoms with van der Waals surface area (Å²) in [7, 11) is 0. The van der Waals surface area contributed by atoms with Gasteiger partial charge in [0.1, 0.15) is 17.4 Å². The van der Waals surface area contributed by atoms with Crippen LogP contribution in [0, 0.1) is 11.3 Å². The number of carboxylic acids is 1. The van der Waals surface area contributed by atoms with Gasteiger partial charge in [-0.15, -0.1) is 0 Å². The van der Waals surface area contributed by atoms with Crippen LogP contribution >= 0.6 is 0 Å². The third-order valence-electron chi connectivity index (χ3n) is 3.22. The van der Waals surface area contributed by atoms with Crippen LogP contribution in [-0.4, -0.2) is 54.8 Å². The fourth-order valence-corrected chi connectivity index (χ4v) is 2.10. The molecule has 2 rings (SSSR count). The summed E-state index contributed by atoms with van der Waals surface area (Å²) in [6.45, 7) is 1.28. The number of aliphatic carboxylic acids is 1. The van der Waals surface area contributed by atoms with Crippen LogP contribution in [0.1, 0.15) is 5.56 Å². The Morgan fingerprint density at radius 2 is 2.04 bits per heavy atom. The highest BCUT2D eigenvalue weighted by molar-refractivity contribution is 6.02. The molecule has 1 aromatic rings. The van der Waals surface area contributed by atoms with Crippen molar-refractivity contribution in [2.75, 3.05) is 32.9 Å². The van der Waals surface area contributed by atoms with Crippen molar-refractivity contribution in [1.29, 1.82) is 5.26 Å². The molecule has 1 aliphatic rings. The average Bonchev–Trinajstić information content (AvgIpc) is 2.58. The van der Waals surface area contributed by atoms with Gasteiger partial charge in [0.05, 0.1) is 13.2 Å². The van der Waals surface area contributed by atoms with E-state index in [-0.39, 0.29) is 11.5 Å². The quantitative estimate of drug-likeness (QED) is 0.640. The summed E-state index contributed by atoms with van der Waals surface area (Å²) in [5.41, 5.74) is 0.449. The van der Waals surface area contributed by atoms with E-state index in [0.29, 0.717) is 37.6 Å². The number of nitriles is 1. The lowest BCUT2D eigenvalue weighted by atomic mass is 10.1. The average molecular weight is 316 g/mol. The Morgan fingerprint density at radius 1 is 1.35 bits per heavy atom. The topological polar surface area (TPSA) is 99.9 Å². The molecule has 0 saturated carbocycles. The van der Waals surface area contributed by atoms with Gasteiger partial charge in [0, 0.05) is 18.7 Å². The van der Waals surface area contributed by atoms with E-state index in [9.17, 15) is 14.9 Å². The normalized spacial score (nSPS) is 14.9. The molecule has 1 saturated heterocycles. The molecule has 1 amide bonds. The molecule has 23 heavy (non-hydrogen) atoms.